The maximum absolute atomic E-state index is 13.4. The van der Waals surface area contributed by atoms with Gasteiger partial charge in [-0.05, 0) is 29.6 Å². The minimum absolute atomic E-state index is 0.128. The molecule has 1 aromatic carbocycles. The Balaban J connectivity index is 1.91. The van der Waals surface area contributed by atoms with E-state index in [0.717, 1.165) is 4.88 Å². The van der Waals surface area contributed by atoms with Crippen molar-refractivity contribution in [1.82, 2.24) is 5.32 Å². The molecular formula is C13H11ClFNOS. The highest BCUT2D eigenvalue weighted by atomic mass is 35.5. The van der Waals surface area contributed by atoms with E-state index in [1.165, 1.54) is 29.5 Å². The summed E-state index contributed by atoms with van der Waals surface area (Å²) in [5, 5.41) is 5.05. The Labute approximate surface area is 113 Å². The number of halogens is 2. The lowest BCUT2D eigenvalue weighted by Gasteiger charge is -2.06. The first-order valence-electron chi connectivity index (χ1n) is 5.38. The maximum Gasteiger partial charge on any atom is 0.225 e. The zero-order valence-electron chi connectivity index (χ0n) is 9.45. The van der Waals surface area contributed by atoms with Crippen LogP contribution in [0.5, 0.6) is 0 Å². The molecule has 2 nitrogen and oxygen atoms in total. The molecule has 2 aromatic rings. The Hall–Kier alpha value is -1.39. The standard InChI is InChI=1S/C13H11ClFNOS/c14-10-3-4-12(15)9(6-10)8-16-13(17)7-11-2-1-5-18-11/h1-6H,7-8H2,(H,16,17). The van der Waals surface area contributed by atoms with Gasteiger partial charge in [-0.2, -0.15) is 0 Å². The van der Waals surface area contributed by atoms with Crippen molar-refractivity contribution in [3.05, 3.63) is 57.0 Å². The van der Waals surface area contributed by atoms with E-state index in [0.29, 0.717) is 17.0 Å². The van der Waals surface area contributed by atoms with Crippen LogP contribution in [0.25, 0.3) is 0 Å². The van der Waals surface area contributed by atoms with Crippen molar-refractivity contribution in [2.75, 3.05) is 0 Å². The highest BCUT2D eigenvalue weighted by Gasteiger charge is 2.07. The third-order valence-corrected chi connectivity index (χ3v) is 3.51. The van der Waals surface area contributed by atoms with Crippen LogP contribution in [-0.2, 0) is 17.8 Å². The number of rotatable bonds is 4. The van der Waals surface area contributed by atoms with E-state index in [-0.39, 0.29) is 18.3 Å². The Kier molecular flexibility index (Phi) is 4.33. The number of carbonyl (C=O) groups is 1. The van der Waals surface area contributed by atoms with Crippen molar-refractivity contribution in [3.8, 4) is 0 Å². The van der Waals surface area contributed by atoms with Gasteiger partial charge in [0.1, 0.15) is 5.82 Å². The van der Waals surface area contributed by atoms with Gasteiger partial charge in [0, 0.05) is 22.0 Å². The fourth-order valence-electron chi connectivity index (χ4n) is 1.51. The summed E-state index contributed by atoms with van der Waals surface area (Å²) in [6, 6.07) is 8.08. The van der Waals surface area contributed by atoms with Crippen LogP contribution >= 0.6 is 22.9 Å². The summed E-state index contributed by atoms with van der Waals surface area (Å²) in [6.07, 6.45) is 0.319. The highest BCUT2D eigenvalue weighted by Crippen LogP contribution is 2.15. The maximum atomic E-state index is 13.4. The van der Waals surface area contributed by atoms with Crippen LogP contribution in [0.4, 0.5) is 4.39 Å². The van der Waals surface area contributed by atoms with Crippen LogP contribution in [0.15, 0.2) is 35.7 Å². The van der Waals surface area contributed by atoms with Crippen LogP contribution in [-0.4, -0.2) is 5.91 Å². The molecule has 0 radical (unpaired) electrons. The molecular weight excluding hydrogens is 273 g/mol. The zero-order valence-corrected chi connectivity index (χ0v) is 11.0. The van der Waals surface area contributed by atoms with Crippen molar-refractivity contribution < 1.29 is 9.18 Å². The van der Waals surface area contributed by atoms with Gasteiger partial charge in [0.15, 0.2) is 0 Å². The molecule has 1 heterocycles. The molecule has 0 saturated heterocycles. The van der Waals surface area contributed by atoms with Crippen molar-refractivity contribution in [2.45, 2.75) is 13.0 Å². The fourth-order valence-corrected chi connectivity index (χ4v) is 2.40. The molecule has 0 aliphatic carbocycles. The summed E-state index contributed by atoms with van der Waals surface area (Å²) in [5.74, 6) is -0.493. The largest absolute Gasteiger partial charge is 0.352 e. The van der Waals surface area contributed by atoms with Crippen LogP contribution in [0.2, 0.25) is 5.02 Å². The molecule has 0 bridgehead atoms. The third-order valence-electron chi connectivity index (χ3n) is 2.40. The summed E-state index contributed by atoms with van der Waals surface area (Å²) in [7, 11) is 0. The van der Waals surface area contributed by atoms with Crippen LogP contribution in [0, 0.1) is 5.82 Å². The predicted molar refractivity (Wildman–Crippen MR) is 71.3 cm³/mol. The van der Waals surface area contributed by atoms with Crippen molar-refractivity contribution in [3.63, 3.8) is 0 Å². The first-order chi connectivity index (χ1) is 8.65. The highest BCUT2D eigenvalue weighted by molar-refractivity contribution is 7.10. The Morgan fingerprint density at radius 2 is 2.22 bits per heavy atom. The second-order valence-corrected chi connectivity index (χ2v) is 5.24. The van der Waals surface area contributed by atoms with Crippen molar-refractivity contribution in [2.24, 2.45) is 0 Å². The average molecular weight is 284 g/mol. The first kappa shape index (κ1) is 13.1. The van der Waals surface area contributed by atoms with E-state index in [2.05, 4.69) is 5.32 Å². The molecule has 1 amide bonds. The minimum atomic E-state index is -0.365. The average Bonchev–Trinajstić information content (AvgIpc) is 2.83. The zero-order chi connectivity index (χ0) is 13.0. The lowest BCUT2D eigenvalue weighted by atomic mass is 10.2. The minimum Gasteiger partial charge on any atom is -0.352 e. The summed E-state index contributed by atoms with van der Waals surface area (Å²) in [4.78, 5) is 12.6. The molecule has 1 N–H and O–H groups in total. The predicted octanol–water partition coefficient (Wildman–Crippen LogP) is 3.40. The van der Waals surface area contributed by atoms with E-state index in [1.807, 2.05) is 17.5 Å². The van der Waals surface area contributed by atoms with Gasteiger partial charge < -0.3 is 5.32 Å². The summed E-state index contributed by atoms with van der Waals surface area (Å²) in [6.45, 7) is 0.149. The lowest BCUT2D eigenvalue weighted by Crippen LogP contribution is -2.24. The number of benzene rings is 1. The molecule has 0 fully saturated rings. The fraction of sp³-hybridized carbons (Fsp3) is 0.154. The smallest absolute Gasteiger partial charge is 0.225 e. The van der Waals surface area contributed by atoms with Crippen molar-refractivity contribution in [1.29, 1.82) is 0 Å². The lowest BCUT2D eigenvalue weighted by molar-refractivity contribution is -0.120. The number of hydrogen-bond acceptors (Lipinski definition) is 2. The van der Waals surface area contributed by atoms with Gasteiger partial charge in [0.2, 0.25) is 5.91 Å². The quantitative estimate of drug-likeness (QED) is 0.915. The number of carbonyl (C=O) groups excluding carboxylic acids is 1. The summed E-state index contributed by atoms with van der Waals surface area (Å²) in [5.41, 5.74) is 0.391. The van der Waals surface area contributed by atoms with Crippen LogP contribution < -0.4 is 5.32 Å². The second-order valence-electron chi connectivity index (χ2n) is 3.77. The molecule has 1 aromatic heterocycles. The van der Waals surface area contributed by atoms with Gasteiger partial charge in [-0.15, -0.1) is 11.3 Å². The second kappa shape index (κ2) is 5.98. The van der Waals surface area contributed by atoms with E-state index in [9.17, 15) is 9.18 Å². The van der Waals surface area contributed by atoms with E-state index in [1.54, 1.807) is 0 Å². The Morgan fingerprint density at radius 1 is 1.39 bits per heavy atom. The van der Waals surface area contributed by atoms with Crippen LogP contribution in [0.1, 0.15) is 10.4 Å². The molecule has 2 rings (SSSR count). The first-order valence-corrected chi connectivity index (χ1v) is 6.64. The SMILES string of the molecule is O=C(Cc1cccs1)NCc1cc(Cl)ccc1F. The number of amides is 1. The molecule has 18 heavy (non-hydrogen) atoms. The van der Waals surface area contributed by atoms with E-state index in [4.69, 9.17) is 11.6 Å². The molecule has 5 heteroatoms. The third kappa shape index (κ3) is 3.55. The van der Waals surface area contributed by atoms with E-state index < -0.39 is 0 Å². The molecule has 94 valence electrons. The Bertz CT molecular complexity index is 542. The van der Waals surface area contributed by atoms with Crippen molar-refractivity contribution >= 4 is 28.8 Å². The van der Waals surface area contributed by atoms with Gasteiger partial charge in [-0.3, -0.25) is 4.79 Å². The normalized spacial score (nSPS) is 10.3. The molecule has 0 aliphatic rings. The molecule has 0 aliphatic heterocycles. The van der Waals surface area contributed by atoms with Gasteiger partial charge in [0.25, 0.3) is 0 Å². The van der Waals surface area contributed by atoms with Gasteiger partial charge in [-0.25, -0.2) is 4.39 Å². The van der Waals surface area contributed by atoms with E-state index >= 15 is 0 Å². The monoisotopic (exact) mass is 283 g/mol. The number of thiophene rings is 1. The summed E-state index contributed by atoms with van der Waals surface area (Å²) < 4.78 is 13.4. The molecule has 0 unspecified atom stereocenters. The van der Waals surface area contributed by atoms with Gasteiger partial charge in [-0.1, -0.05) is 17.7 Å². The van der Waals surface area contributed by atoms with Gasteiger partial charge in [0.05, 0.1) is 6.42 Å². The molecule has 0 spiro atoms. The summed E-state index contributed by atoms with van der Waals surface area (Å²) >= 11 is 7.29. The van der Waals surface area contributed by atoms with Crippen LogP contribution in [0.3, 0.4) is 0 Å². The number of nitrogens with one attached hydrogen (secondary N) is 1. The van der Waals surface area contributed by atoms with Gasteiger partial charge >= 0.3 is 0 Å². The molecule has 0 atom stereocenters. The Morgan fingerprint density at radius 3 is 2.94 bits per heavy atom. The topological polar surface area (TPSA) is 29.1 Å². The molecule has 0 saturated carbocycles. The number of hydrogen-bond donors (Lipinski definition) is 1.